The van der Waals surface area contributed by atoms with Crippen molar-refractivity contribution in [3.05, 3.63) is 43.9 Å². The van der Waals surface area contributed by atoms with E-state index in [4.69, 9.17) is 0 Å². The molecule has 0 saturated heterocycles. The molecule has 0 aliphatic heterocycles. The molecule has 0 aliphatic carbocycles. The largest absolute Gasteiger partial charge is 0.494 e. The quantitative estimate of drug-likeness (QED) is 0.308. The predicted molar refractivity (Wildman–Crippen MR) is 96.6 cm³/mol. The molecule has 2 heterocycles. The molecule has 2 N–H and O–H groups in total. The van der Waals surface area contributed by atoms with Crippen molar-refractivity contribution in [1.82, 2.24) is 24.5 Å². The highest BCUT2D eigenvalue weighted by atomic mass is 32.2. The molecule has 0 atom stereocenters. The summed E-state index contributed by atoms with van der Waals surface area (Å²) in [5.74, 6) is -0.943. The van der Waals surface area contributed by atoms with Gasteiger partial charge in [0.15, 0.2) is 5.16 Å². The van der Waals surface area contributed by atoms with Crippen LogP contribution in [-0.4, -0.2) is 42.1 Å². The smallest absolute Gasteiger partial charge is 0.333 e. The summed E-state index contributed by atoms with van der Waals surface area (Å²) in [5, 5.41) is 14.0. The van der Waals surface area contributed by atoms with Gasteiger partial charge in [0, 0.05) is 25.5 Å². The van der Waals surface area contributed by atoms with Crippen molar-refractivity contribution in [3.8, 4) is 5.88 Å². The van der Waals surface area contributed by atoms with Gasteiger partial charge in [0.2, 0.25) is 5.88 Å². The van der Waals surface area contributed by atoms with Crippen LogP contribution in [0.4, 0.5) is 0 Å². The lowest BCUT2D eigenvalue weighted by Crippen LogP contribution is -2.38. The van der Waals surface area contributed by atoms with Crippen molar-refractivity contribution in [2.24, 2.45) is 19.2 Å². The molecule has 2 aromatic rings. The Labute approximate surface area is 152 Å². The molecule has 10 nitrogen and oxygen atoms in total. The van der Waals surface area contributed by atoms with Crippen molar-refractivity contribution in [3.63, 3.8) is 0 Å². The van der Waals surface area contributed by atoms with Crippen LogP contribution in [-0.2, 0) is 18.9 Å². The van der Waals surface area contributed by atoms with E-state index in [1.54, 1.807) is 0 Å². The number of hydrogen-bond donors (Lipinski definition) is 2. The van der Waals surface area contributed by atoms with Crippen molar-refractivity contribution < 1.29 is 9.90 Å². The van der Waals surface area contributed by atoms with Crippen molar-refractivity contribution >= 4 is 23.9 Å². The van der Waals surface area contributed by atoms with Crippen LogP contribution in [0.5, 0.6) is 5.88 Å². The molecule has 0 saturated carbocycles. The summed E-state index contributed by atoms with van der Waals surface area (Å²) in [4.78, 5) is 43.9. The van der Waals surface area contributed by atoms with Crippen LogP contribution in [0.15, 0.2) is 25.9 Å². The van der Waals surface area contributed by atoms with Gasteiger partial charge in [0.25, 0.3) is 11.5 Å². The van der Waals surface area contributed by atoms with E-state index < -0.39 is 23.0 Å². The first-order chi connectivity index (χ1) is 12.2. The van der Waals surface area contributed by atoms with E-state index in [0.29, 0.717) is 5.16 Å². The lowest BCUT2D eigenvalue weighted by molar-refractivity contribution is -0.118. The molecule has 138 valence electrons. The summed E-state index contributed by atoms with van der Waals surface area (Å²) in [6, 6.07) is 1.83. The molecule has 0 fully saturated rings. The number of carbonyl (C=O) groups is 1. The highest BCUT2D eigenvalue weighted by molar-refractivity contribution is 7.99. The fourth-order valence-electron chi connectivity index (χ4n) is 2.06. The zero-order valence-corrected chi connectivity index (χ0v) is 15.5. The van der Waals surface area contributed by atoms with E-state index in [-0.39, 0.29) is 11.3 Å². The normalized spacial score (nSPS) is 11.1. The monoisotopic (exact) mass is 378 g/mol. The predicted octanol–water partition coefficient (Wildman–Crippen LogP) is -0.561. The van der Waals surface area contributed by atoms with Crippen LogP contribution in [0.3, 0.4) is 0 Å². The first-order valence-corrected chi connectivity index (χ1v) is 8.45. The molecular formula is C15H18N6O4S. The second-order valence-corrected chi connectivity index (χ2v) is 6.40. The molecule has 26 heavy (non-hydrogen) atoms. The van der Waals surface area contributed by atoms with Gasteiger partial charge in [-0.3, -0.25) is 18.7 Å². The van der Waals surface area contributed by atoms with Gasteiger partial charge in [-0.05, 0) is 19.9 Å². The summed E-state index contributed by atoms with van der Waals surface area (Å²) in [6.07, 6.45) is 0.993. The Bertz CT molecular complexity index is 975. The molecule has 11 heteroatoms. The third kappa shape index (κ3) is 4.36. The Morgan fingerprint density at radius 2 is 1.88 bits per heavy atom. The molecule has 0 unspecified atom stereocenters. The number of rotatable bonds is 5. The molecule has 1 amide bonds. The van der Waals surface area contributed by atoms with Gasteiger partial charge in [-0.1, -0.05) is 11.8 Å². The topological polar surface area (TPSA) is 131 Å². The maximum Gasteiger partial charge on any atom is 0.333 e. The van der Waals surface area contributed by atoms with Gasteiger partial charge in [-0.25, -0.2) is 20.2 Å². The Morgan fingerprint density at radius 3 is 2.50 bits per heavy atom. The summed E-state index contributed by atoms with van der Waals surface area (Å²) in [7, 11) is 2.59. The van der Waals surface area contributed by atoms with E-state index in [0.717, 1.165) is 38.5 Å². The Hall–Kier alpha value is -2.95. The number of aromatic hydroxyl groups is 1. The van der Waals surface area contributed by atoms with Crippen LogP contribution >= 0.6 is 11.8 Å². The summed E-state index contributed by atoms with van der Waals surface area (Å²) in [6.45, 7) is 3.67. The number of thioether (sulfide) groups is 1. The van der Waals surface area contributed by atoms with Crippen LogP contribution in [0.2, 0.25) is 0 Å². The van der Waals surface area contributed by atoms with E-state index in [1.165, 1.54) is 14.1 Å². The standard InChI is InChI=1S/C15H18N6O4S/c1-8-5-9(2)18-14(17-8)26-7-11(22)19-16-6-10-12(23)20(3)15(25)21(4)13(10)24/h5-6,23H,7H2,1-4H3,(H,19,22). The molecule has 0 radical (unpaired) electrons. The van der Waals surface area contributed by atoms with Gasteiger partial charge >= 0.3 is 5.69 Å². The fraction of sp³-hybridized carbons (Fsp3) is 0.333. The molecule has 2 rings (SSSR count). The highest BCUT2D eigenvalue weighted by Crippen LogP contribution is 2.13. The van der Waals surface area contributed by atoms with Crippen molar-refractivity contribution in [2.75, 3.05) is 5.75 Å². The minimum Gasteiger partial charge on any atom is -0.494 e. The number of hydrazone groups is 1. The maximum atomic E-state index is 12.0. The molecule has 0 aromatic carbocycles. The number of aromatic nitrogens is 4. The number of nitrogens with zero attached hydrogens (tertiary/aromatic N) is 5. The van der Waals surface area contributed by atoms with Gasteiger partial charge in [-0.2, -0.15) is 5.10 Å². The van der Waals surface area contributed by atoms with Gasteiger partial charge in [0.05, 0.1) is 12.0 Å². The SMILES string of the molecule is Cc1cc(C)nc(SCC(=O)NN=Cc2c(O)n(C)c(=O)n(C)c2=O)n1. The second-order valence-electron chi connectivity index (χ2n) is 5.46. The number of nitrogens with one attached hydrogen (secondary N) is 1. The lowest BCUT2D eigenvalue weighted by Gasteiger charge is -2.07. The minimum absolute atomic E-state index is 0.0253. The summed E-state index contributed by atoms with van der Waals surface area (Å²) < 4.78 is 1.73. The zero-order chi connectivity index (χ0) is 19.4. The van der Waals surface area contributed by atoms with E-state index in [2.05, 4.69) is 20.5 Å². The molecule has 0 spiro atoms. The third-order valence-corrected chi connectivity index (χ3v) is 4.19. The Kier molecular flexibility index (Phi) is 5.93. The van der Waals surface area contributed by atoms with Gasteiger partial charge in [0.1, 0.15) is 5.56 Å². The Morgan fingerprint density at radius 1 is 1.27 bits per heavy atom. The van der Waals surface area contributed by atoms with E-state index in [1.807, 2.05) is 19.9 Å². The molecule has 0 bridgehead atoms. The van der Waals surface area contributed by atoms with Crippen LogP contribution in [0.25, 0.3) is 0 Å². The maximum absolute atomic E-state index is 12.0. The second kappa shape index (κ2) is 7.95. The minimum atomic E-state index is -0.721. The number of hydrogen-bond acceptors (Lipinski definition) is 8. The average Bonchev–Trinajstić information content (AvgIpc) is 2.58. The van der Waals surface area contributed by atoms with Gasteiger partial charge in [-0.15, -0.1) is 0 Å². The fourth-order valence-corrected chi connectivity index (χ4v) is 2.80. The lowest BCUT2D eigenvalue weighted by atomic mass is 10.3. The molecular weight excluding hydrogens is 360 g/mol. The average molecular weight is 378 g/mol. The molecule has 0 aliphatic rings. The first kappa shape index (κ1) is 19.4. The number of carbonyl (C=O) groups excluding carboxylic acids is 1. The van der Waals surface area contributed by atoms with Gasteiger partial charge < -0.3 is 5.11 Å². The van der Waals surface area contributed by atoms with Crippen LogP contribution in [0, 0.1) is 13.8 Å². The number of amides is 1. The highest BCUT2D eigenvalue weighted by Gasteiger charge is 2.13. The van der Waals surface area contributed by atoms with Crippen LogP contribution < -0.4 is 16.7 Å². The van der Waals surface area contributed by atoms with Crippen molar-refractivity contribution in [1.29, 1.82) is 0 Å². The van der Waals surface area contributed by atoms with Crippen molar-refractivity contribution in [2.45, 2.75) is 19.0 Å². The Balaban J connectivity index is 2.04. The van der Waals surface area contributed by atoms with Crippen LogP contribution in [0.1, 0.15) is 17.0 Å². The van der Waals surface area contributed by atoms with E-state index in [9.17, 15) is 19.5 Å². The summed E-state index contributed by atoms with van der Waals surface area (Å²) in [5.41, 5.74) is 2.26. The molecule has 2 aromatic heterocycles. The first-order valence-electron chi connectivity index (χ1n) is 7.46. The summed E-state index contributed by atoms with van der Waals surface area (Å²) >= 11 is 1.15. The zero-order valence-electron chi connectivity index (χ0n) is 14.7. The third-order valence-electron chi connectivity index (χ3n) is 3.34. The number of aryl methyl sites for hydroxylation is 2. The van der Waals surface area contributed by atoms with E-state index >= 15 is 0 Å².